The minimum Gasteiger partial charge on any atom is -0.339 e. The summed E-state index contributed by atoms with van der Waals surface area (Å²) in [5.41, 5.74) is 0.906. The van der Waals surface area contributed by atoms with Gasteiger partial charge in [0.15, 0.2) is 0 Å². The summed E-state index contributed by atoms with van der Waals surface area (Å²) >= 11 is 0. The molecule has 0 unspecified atom stereocenters. The maximum atomic E-state index is 12.4. The molecule has 19 heavy (non-hydrogen) atoms. The predicted molar refractivity (Wildman–Crippen MR) is 68.6 cm³/mol. The number of hydroxylamine groups is 2. The quantitative estimate of drug-likeness (QED) is 0.805. The first-order valence-electron chi connectivity index (χ1n) is 6.60. The highest BCUT2D eigenvalue weighted by atomic mass is 16.7. The van der Waals surface area contributed by atoms with Crippen LogP contribution in [0.5, 0.6) is 0 Å². The van der Waals surface area contributed by atoms with Gasteiger partial charge in [0.1, 0.15) is 0 Å². The molecule has 0 N–H and O–H groups in total. The Bertz CT molecular complexity index is 505. The Labute approximate surface area is 111 Å². The molecule has 0 atom stereocenters. The fourth-order valence-electron chi connectivity index (χ4n) is 2.42. The van der Waals surface area contributed by atoms with Crippen LogP contribution >= 0.6 is 0 Å². The molecule has 0 radical (unpaired) electrons. The Morgan fingerprint density at radius 3 is 2.05 bits per heavy atom. The summed E-state index contributed by atoms with van der Waals surface area (Å²) in [7, 11) is 0. The average molecular weight is 260 g/mol. The summed E-state index contributed by atoms with van der Waals surface area (Å²) in [6.07, 6.45) is 2.08. The van der Waals surface area contributed by atoms with E-state index in [9.17, 15) is 9.59 Å². The molecule has 0 saturated carbocycles. The van der Waals surface area contributed by atoms with Crippen LogP contribution in [0.25, 0.3) is 0 Å². The highest BCUT2D eigenvalue weighted by Gasteiger charge is 2.29. The van der Waals surface area contributed by atoms with Gasteiger partial charge in [-0.3, -0.25) is 14.4 Å². The van der Waals surface area contributed by atoms with E-state index in [0.29, 0.717) is 24.3 Å². The molecule has 1 aromatic rings. The Balaban J connectivity index is 1.87. The molecule has 2 amide bonds. The third-order valence-electron chi connectivity index (χ3n) is 3.55. The summed E-state index contributed by atoms with van der Waals surface area (Å²) in [5.74, 6) is -0.281. The Kier molecular flexibility index (Phi) is 3.21. The van der Waals surface area contributed by atoms with Gasteiger partial charge in [-0.2, -0.15) is 0 Å². The minimum atomic E-state index is -0.227. The van der Waals surface area contributed by atoms with Gasteiger partial charge in [0.05, 0.1) is 24.3 Å². The SMILES string of the molecule is O=C(c1ccccc1C(=O)N1CCO1)N1CCCC1. The van der Waals surface area contributed by atoms with Crippen molar-refractivity contribution >= 4 is 11.8 Å². The van der Waals surface area contributed by atoms with Gasteiger partial charge < -0.3 is 4.90 Å². The molecular weight excluding hydrogens is 244 g/mol. The second-order valence-corrected chi connectivity index (χ2v) is 4.79. The van der Waals surface area contributed by atoms with Crippen molar-refractivity contribution in [1.29, 1.82) is 0 Å². The third kappa shape index (κ3) is 2.21. The van der Waals surface area contributed by atoms with Crippen molar-refractivity contribution < 1.29 is 14.4 Å². The number of carbonyl (C=O) groups excluding carboxylic acids is 2. The van der Waals surface area contributed by atoms with Crippen LogP contribution in [-0.4, -0.2) is 48.0 Å². The monoisotopic (exact) mass is 260 g/mol. The largest absolute Gasteiger partial charge is 0.339 e. The maximum Gasteiger partial charge on any atom is 0.278 e. The van der Waals surface area contributed by atoms with Crippen LogP contribution in [0.2, 0.25) is 0 Å². The lowest BCUT2D eigenvalue weighted by Crippen LogP contribution is -2.44. The fraction of sp³-hybridized carbons (Fsp3) is 0.429. The number of nitrogens with zero attached hydrogens (tertiary/aromatic N) is 2. The van der Waals surface area contributed by atoms with Crippen LogP contribution in [0.3, 0.4) is 0 Å². The summed E-state index contributed by atoms with van der Waals surface area (Å²) in [6.45, 7) is 2.71. The van der Waals surface area contributed by atoms with Gasteiger partial charge in [-0.1, -0.05) is 12.1 Å². The van der Waals surface area contributed by atoms with Crippen molar-refractivity contribution in [2.75, 3.05) is 26.2 Å². The average Bonchev–Trinajstić information content (AvgIpc) is 2.89. The molecule has 0 aliphatic carbocycles. The van der Waals surface area contributed by atoms with E-state index < -0.39 is 0 Å². The van der Waals surface area contributed by atoms with Crippen molar-refractivity contribution in [3.63, 3.8) is 0 Å². The Hall–Kier alpha value is -1.88. The molecule has 0 bridgehead atoms. The zero-order valence-electron chi connectivity index (χ0n) is 10.7. The first-order valence-corrected chi connectivity index (χ1v) is 6.60. The smallest absolute Gasteiger partial charge is 0.278 e. The van der Waals surface area contributed by atoms with E-state index in [2.05, 4.69) is 0 Å². The predicted octanol–water partition coefficient (Wildman–Crippen LogP) is 1.31. The lowest BCUT2D eigenvalue weighted by Gasteiger charge is -2.30. The molecule has 2 aliphatic heterocycles. The van der Waals surface area contributed by atoms with Crippen LogP contribution in [0.4, 0.5) is 0 Å². The summed E-state index contributed by atoms with van der Waals surface area (Å²) in [5, 5.41) is 1.30. The maximum absolute atomic E-state index is 12.4. The van der Waals surface area contributed by atoms with E-state index in [1.54, 1.807) is 24.3 Å². The van der Waals surface area contributed by atoms with Crippen LogP contribution in [0.1, 0.15) is 33.6 Å². The van der Waals surface area contributed by atoms with Crippen LogP contribution in [-0.2, 0) is 4.84 Å². The minimum absolute atomic E-state index is 0.0537. The zero-order chi connectivity index (χ0) is 13.2. The van der Waals surface area contributed by atoms with E-state index in [-0.39, 0.29) is 11.8 Å². The number of carbonyl (C=O) groups is 2. The van der Waals surface area contributed by atoms with Gasteiger partial charge in [-0.05, 0) is 25.0 Å². The first kappa shape index (κ1) is 12.2. The first-order chi connectivity index (χ1) is 9.27. The molecule has 5 nitrogen and oxygen atoms in total. The molecule has 3 rings (SSSR count). The number of likely N-dealkylation sites (tertiary alicyclic amines) is 1. The molecule has 100 valence electrons. The van der Waals surface area contributed by atoms with Crippen LogP contribution in [0.15, 0.2) is 24.3 Å². The highest BCUT2D eigenvalue weighted by Crippen LogP contribution is 2.19. The molecule has 5 heteroatoms. The lowest BCUT2D eigenvalue weighted by atomic mass is 10.1. The Morgan fingerprint density at radius 1 is 0.947 bits per heavy atom. The molecule has 0 spiro atoms. The van der Waals surface area contributed by atoms with E-state index in [1.165, 1.54) is 5.06 Å². The number of hydrogen-bond donors (Lipinski definition) is 0. The van der Waals surface area contributed by atoms with E-state index in [4.69, 9.17) is 4.84 Å². The molecule has 2 aliphatic rings. The normalized spacial score (nSPS) is 18.3. The highest BCUT2D eigenvalue weighted by molar-refractivity contribution is 6.07. The topological polar surface area (TPSA) is 49.9 Å². The van der Waals surface area contributed by atoms with Gasteiger partial charge in [-0.15, -0.1) is 0 Å². The number of amides is 2. The zero-order valence-corrected chi connectivity index (χ0v) is 10.7. The molecule has 2 saturated heterocycles. The lowest BCUT2D eigenvalue weighted by molar-refractivity contribution is -0.207. The van der Waals surface area contributed by atoms with Crippen LogP contribution in [0, 0.1) is 0 Å². The second-order valence-electron chi connectivity index (χ2n) is 4.79. The third-order valence-corrected chi connectivity index (χ3v) is 3.55. The van der Waals surface area contributed by atoms with Crippen molar-refractivity contribution in [3.8, 4) is 0 Å². The summed E-state index contributed by atoms with van der Waals surface area (Å²) in [4.78, 5) is 31.5. The van der Waals surface area contributed by atoms with Gasteiger partial charge in [0.25, 0.3) is 11.8 Å². The molecular formula is C14H16N2O3. The summed E-state index contributed by atoms with van der Waals surface area (Å²) < 4.78 is 0. The van der Waals surface area contributed by atoms with E-state index in [0.717, 1.165) is 25.9 Å². The van der Waals surface area contributed by atoms with Crippen molar-refractivity contribution in [2.24, 2.45) is 0 Å². The van der Waals surface area contributed by atoms with Gasteiger partial charge in [-0.25, -0.2) is 5.06 Å². The summed E-state index contributed by atoms with van der Waals surface area (Å²) in [6, 6.07) is 6.96. The van der Waals surface area contributed by atoms with E-state index >= 15 is 0 Å². The van der Waals surface area contributed by atoms with Crippen molar-refractivity contribution in [2.45, 2.75) is 12.8 Å². The van der Waals surface area contributed by atoms with E-state index in [1.807, 2.05) is 4.90 Å². The van der Waals surface area contributed by atoms with Gasteiger partial charge in [0, 0.05) is 13.1 Å². The number of rotatable bonds is 2. The van der Waals surface area contributed by atoms with Crippen LogP contribution < -0.4 is 0 Å². The van der Waals surface area contributed by atoms with Gasteiger partial charge in [0.2, 0.25) is 0 Å². The molecule has 2 fully saturated rings. The molecule has 2 heterocycles. The van der Waals surface area contributed by atoms with Gasteiger partial charge >= 0.3 is 0 Å². The van der Waals surface area contributed by atoms with Crippen molar-refractivity contribution in [3.05, 3.63) is 35.4 Å². The second kappa shape index (κ2) is 5.01. The number of benzene rings is 1. The molecule has 1 aromatic carbocycles. The molecule has 0 aromatic heterocycles. The Morgan fingerprint density at radius 2 is 1.53 bits per heavy atom. The number of hydrogen-bond acceptors (Lipinski definition) is 3. The van der Waals surface area contributed by atoms with Crippen molar-refractivity contribution in [1.82, 2.24) is 9.96 Å². The standard InChI is InChI=1S/C14H16N2O3/c17-13(15-7-3-4-8-15)11-5-1-2-6-12(11)14(18)16-9-10-19-16/h1-2,5-6H,3-4,7-10H2. The fourth-order valence-corrected chi connectivity index (χ4v) is 2.42.